The predicted molar refractivity (Wildman–Crippen MR) is 74.8 cm³/mol. The Morgan fingerprint density at radius 1 is 1.00 bits per heavy atom. The number of rotatable bonds is 3. The number of hydrogen-bond donors (Lipinski definition) is 1. The van der Waals surface area contributed by atoms with E-state index in [1.54, 1.807) is 6.92 Å². The van der Waals surface area contributed by atoms with Gasteiger partial charge in [0, 0.05) is 11.3 Å². The zero-order valence-electron chi connectivity index (χ0n) is 10.4. The molecule has 2 aromatic rings. The maximum absolute atomic E-state index is 13.6. The Kier molecular flexibility index (Phi) is 4.45. The summed E-state index contributed by atoms with van der Waals surface area (Å²) in [6.07, 6.45) is 0. The van der Waals surface area contributed by atoms with Crippen LogP contribution in [-0.4, -0.2) is 0 Å². The van der Waals surface area contributed by atoms with Crippen molar-refractivity contribution in [1.82, 2.24) is 0 Å². The summed E-state index contributed by atoms with van der Waals surface area (Å²) in [5, 5.41) is 2.50. The van der Waals surface area contributed by atoms with E-state index in [9.17, 15) is 13.2 Å². The molecule has 0 aliphatic carbocycles. The molecule has 6 heteroatoms. The van der Waals surface area contributed by atoms with Gasteiger partial charge in [0.2, 0.25) is 0 Å². The summed E-state index contributed by atoms with van der Waals surface area (Å²) in [5.41, 5.74) is 0.264. The van der Waals surface area contributed by atoms with E-state index in [4.69, 9.17) is 23.2 Å². The maximum Gasteiger partial charge on any atom is 0.160 e. The molecule has 1 atom stereocenters. The smallest absolute Gasteiger partial charge is 0.160 e. The van der Waals surface area contributed by atoms with Gasteiger partial charge in [-0.1, -0.05) is 29.3 Å². The third-order valence-corrected chi connectivity index (χ3v) is 3.35. The van der Waals surface area contributed by atoms with E-state index in [2.05, 4.69) is 5.32 Å². The molecule has 0 aromatic heterocycles. The van der Waals surface area contributed by atoms with Gasteiger partial charge in [0.15, 0.2) is 5.82 Å². The fourth-order valence-corrected chi connectivity index (χ4v) is 2.37. The van der Waals surface area contributed by atoms with Crippen molar-refractivity contribution in [2.75, 3.05) is 5.32 Å². The van der Waals surface area contributed by atoms with Gasteiger partial charge in [0.1, 0.15) is 11.6 Å². The van der Waals surface area contributed by atoms with Gasteiger partial charge in [-0.3, -0.25) is 0 Å². The van der Waals surface area contributed by atoms with Crippen LogP contribution in [-0.2, 0) is 0 Å². The van der Waals surface area contributed by atoms with E-state index >= 15 is 0 Å². The van der Waals surface area contributed by atoms with Gasteiger partial charge in [0.05, 0.1) is 16.1 Å². The Morgan fingerprint density at radius 3 is 2.00 bits per heavy atom. The summed E-state index contributed by atoms with van der Waals surface area (Å²) in [6.45, 7) is 1.58. The van der Waals surface area contributed by atoms with E-state index in [1.165, 1.54) is 30.3 Å². The van der Waals surface area contributed by atoms with Gasteiger partial charge >= 0.3 is 0 Å². The number of benzene rings is 2. The van der Waals surface area contributed by atoms with Crippen LogP contribution in [0.15, 0.2) is 30.3 Å². The summed E-state index contributed by atoms with van der Waals surface area (Å²) < 4.78 is 40.6. The van der Waals surface area contributed by atoms with Crippen LogP contribution in [0.3, 0.4) is 0 Å². The van der Waals surface area contributed by atoms with Crippen molar-refractivity contribution in [3.05, 3.63) is 63.4 Å². The molecule has 0 heterocycles. The summed E-state index contributed by atoms with van der Waals surface area (Å²) in [5.74, 6) is -2.06. The molecule has 2 aromatic carbocycles. The van der Waals surface area contributed by atoms with Crippen molar-refractivity contribution < 1.29 is 13.2 Å². The van der Waals surface area contributed by atoms with Crippen molar-refractivity contribution in [2.45, 2.75) is 13.0 Å². The van der Waals surface area contributed by atoms with Gasteiger partial charge < -0.3 is 5.32 Å². The third kappa shape index (κ3) is 3.02. The van der Waals surface area contributed by atoms with E-state index in [-0.39, 0.29) is 15.6 Å². The monoisotopic (exact) mass is 319 g/mol. The second-order valence-electron chi connectivity index (χ2n) is 4.26. The van der Waals surface area contributed by atoms with Crippen molar-refractivity contribution in [3.63, 3.8) is 0 Å². The second kappa shape index (κ2) is 5.94. The predicted octanol–water partition coefficient (Wildman–Crippen LogP) is 5.58. The molecule has 1 unspecified atom stereocenters. The lowest BCUT2D eigenvalue weighted by atomic mass is 10.1. The van der Waals surface area contributed by atoms with Crippen molar-refractivity contribution in [3.8, 4) is 0 Å². The molecule has 0 saturated carbocycles. The van der Waals surface area contributed by atoms with E-state index < -0.39 is 23.5 Å². The third-order valence-electron chi connectivity index (χ3n) is 2.80. The summed E-state index contributed by atoms with van der Waals surface area (Å²) in [6, 6.07) is 5.55. The fourth-order valence-electron chi connectivity index (χ4n) is 1.89. The first kappa shape index (κ1) is 15.0. The highest BCUT2D eigenvalue weighted by atomic mass is 35.5. The van der Waals surface area contributed by atoms with E-state index in [1.807, 2.05) is 0 Å². The van der Waals surface area contributed by atoms with Crippen LogP contribution in [0.5, 0.6) is 0 Å². The molecule has 0 bridgehead atoms. The Morgan fingerprint density at radius 2 is 1.50 bits per heavy atom. The standard InChI is InChI=1S/C14H10Cl2F3N/c1-7(13-11(17)3-2-4-12(13)18)20-8-5-9(15)14(19)10(16)6-8/h2-7,20H,1H3. The minimum atomic E-state index is -0.733. The molecule has 1 nitrogen and oxygen atoms in total. The van der Waals surface area contributed by atoms with Crippen LogP contribution in [0, 0.1) is 17.5 Å². The molecule has 0 aliphatic rings. The van der Waals surface area contributed by atoms with Crippen LogP contribution < -0.4 is 5.32 Å². The lowest BCUT2D eigenvalue weighted by Crippen LogP contribution is -2.11. The highest BCUT2D eigenvalue weighted by Gasteiger charge is 2.17. The molecule has 0 fully saturated rings. The molecule has 106 valence electrons. The quantitative estimate of drug-likeness (QED) is 0.728. The molecule has 0 saturated heterocycles. The summed E-state index contributed by atoms with van der Waals surface area (Å²) in [7, 11) is 0. The van der Waals surface area contributed by atoms with Gasteiger partial charge in [-0.2, -0.15) is 0 Å². The first-order valence-corrected chi connectivity index (χ1v) is 6.50. The van der Waals surface area contributed by atoms with Crippen LogP contribution in [0.4, 0.5) is 18.9 Å². The van der Waals surface area contributed by atoms with E-state index in [0.717, 1.165) is 0 Å². The average Bonchev–Trinajstić information content (AvgIpc) is 2.35. The molecule has 2 rings (SSSR count). The topological polar surface area (TPSA) is 12.0 Å². The minimum Gasteiger partial charge on any atom is -0.378 e. The molecule has 0 amide bonds. The molecule has 0 aliphatic heterocycles. The zero-order chi connectivity index (χ0) is 14.9. The zero-order valence-corrected chi connectivity index (χ0v) is 11.9. The molecule has 0 spiro atoms. The Balaban J connectivity index is 2.30. The molecule has 0 radical (unpaired) electrons. The van der Waals surface area contributed by atoms with Crippen molar-refractivity contribution in [2.24, 2.45) is 0 Å². The number of anilines is 1. The van der Waals surface area contributed by atoms with Crippen molar-refractivity contribution >= 4 is 28.9 Å². The Labute approximate surface area is 124 Å². The van der Waals surface area contributed by atoms with Crippen LogP contribution in [0.1, 0.15) is 18.5 Å². The van der Waals surface area contributed by atoms with E-state index in [0.29, 0.717) is 5.69 Å². The van der Waals surface area contributed by atoms with Crippen LogP contribution in [0.25, 0.3) is 0 Å². The van der Waals surface area contributed by atoms with Crippen molar-refractivity contribution in [1.29, 1.82) is 0 Å². The number of halogens is 5. The normalized spacial score (nSPS) is 12.3. The van der Waals surface area contributed by atoms with Crippen LogP contribution >= 0.6 is 23.2 Å². The molecule has 1 N–H and O–H groups in total. The summed E-state index contributed by atoms with van der Waals surface area (Å²) >= 11 is 11.3. The Hall–Kier alpha value is -1.39. The lowest BCUT2D eigenvalue weighted by Gasteiger charge is -2.17. The number of nitrogens with one attached hydrogen (secondary N) is 1. The molecule has 20 heavy (non-hydrogen) atoms. The van der Waals surface area contributed by atoms with Gasteiger partial charge in [-0.25, -0.2) is 13.2 Å². The highest BCUT2D eigenvalue weighted by Crippen LogP contribution is 2.30. The second-order valence-corrected chi connectivity index (χ2v) is 5.07. The van der Waals surface area contributed by atoms with Gasteiger partial charge in [0.25, 0.3) is 0 Å². The number of hydrogen-bond acceptors (Lipinski definition) is 1. The fraction of sp³-hybridized carbons (Fsp3) is 0.143. The summed E-state index contributed by atoms with van der Waals surface area (Å²) in [4.78, 5) is 0. The van der Waals surface area contributed by atoms with Gasteiger partial charge in [-0.05, 0) is 31.2 Å². The largest absolute Gasteiger partial charge is 0.378 e. The van der Waals surface area contributed by atoms with Gasteiger partial charge in [-0.15, -0.1) is 0 Å². The molecular weight excluding hydrogens is 310 g/mol. The lowest BCUT2D eigenvalue weighted by molar-refractivity contribution is 0.544. The van der Waals surface area contributed by atoms with Crippen LogP contribution in [0.2, 0.25) is 10.0 Å². The first-order valence-electron chi connectivity index (χ1n) is 5.75. The maximum atomic E-state index is 13.6. The molecular formula is C14H10Cl2F3N. The first-order chi connectivity index (χ1) is 9.40. The SMILES string of the molecule is CC(Nc1cc(Cl)c(F)c(Cl)c1)c1c(F)cccc1F. The Bertz CT molecular complexity index is 603. The highest BCUT2D eigenvalue weighted by molar-refractivity contribution is 6.35. The average molecular weight is 320 g/mol. The minimum absolute atomic E-state index is 0.107.